The summed E-state index contributed by atoms with van der Waals surface area (Å²) in [5.41, 5.74) is 0. The van der Waals surface area contributed by atoms with Crippen molar-refractivity contribution in [2.24, 2.45) is 17.8 Å². The van der Waals surface area contributed by atoms with Crippen LogP contribution >= 0.6 is 11.6 Å². The van der Waals surface area contributed by atoms with Crippen LogP contribution in [0.2, 0.25) is 5.02 Å². The second-order valence-electron chi connectivity index (χ2n) is 7.79. The fourth-order valence-electron chi connectivity index (χ4n) is 4.07. The maximum absolute atomic E-state index is 10.6. The summed E-state index contributed by atoms with van der Waals surface area (Å²) in [6.45, 7) is 0.804. The zero-order valence-corrected chi connectivity index (χ0v) is 21.4. The summed E-state index contributed by atoms with van der Waals surface area (Å²) in [6.07, 6.45) is 21.0. The van der Waals surface area contributed by atoms with E-state index < -0.39 is 5.97 Å². The molecule has 1 fully saturated rings. The van der Waals surface area contributed by atoms with Crippen molar-refractivity contribution in [1.82, 2.24) is 0 Å². The molecule has 0 unspecified atom stereocenters. The highest BCUT2D eigenvalue weighted by Gasteiger charge is 2.25. The number of hydrogen-bond acceptors (Lipinski definition) is 5. The van der Waals surface area contributed by atoms with Gasteiger partial charge in [0.05, 0.1) is 6.61 Å². The number of rotatable bonds is 13. The smallest absolute Gasteiger partial charge is 0.303 e. The van der Waals surface area contributed by atoms with E-state index in [-0.39, 0.29) is 18.9 Å². The van der Waals surface area contributed by atoms with Crippen molar-refractivity contribution in [3.8, 4) is 18.6 Å². The first-order valence-corrected chi connectivity index (χ1v) is 12.1. The average molecular weight is 499 g/mol. The van der Waals surface area contributed by atoms with E-state index in [0.29, 0.717) is 29.9 Å². The third kappa shape index (κ3) is 16.6. The average Bonchev–Trinajstić information content (AvgIpc) is 3.32. The standard InChI is InChI=1S/C23H33ClO4.C2H2.2CH4O/c24-21-10-5-11-22(16-21)28-15-2-1-7-19-8-4-9-20(19)14-13-18(17-25)6-3-12-23(26)27;3*1-2/h1,5,7,10-11,16,18-20,25H,2-4,6,8-9,12-15,17H2,(H,26,27);1-2H;2*2H,1H3/b7-1+;;;/t18-,19-,20+;;;/m0.../s1. The van der Waals surface area contributed by atoms with Gasteiger partial charge in [-0.25, -0.2) is 0 Å². The lowest BCUT2D eigenvalue weighted by Gasteiger charge is -2.20. The Morgan fingerprint density at radius 1 is 1.21 bits per heavy atom. The van der Waals surface area contributed by atoms with Crippen LogP contribution in [0.1, 0.15) is 57.8 Å². The maximum Gasteiger partial charge on any atom is 0.303 e. The molecule has 2 rings (SSSR count). The van der Waals surface area contributed by atoms with Gasteiger partial charge in [-0.3, -0.25) is 4.79 Å². The van der Waals surface area contributed by atoms with Gasteiger partial charge in [0.1, 0.15) is 5.75 Å². The number of carboxylic acid groups (broad SMARTS) is 1. The molecule has 6 nitrogen and oxygen atoms in total. The van der Waals surface area contributed by atoms with Gasteiger partial charge in [0.25, 0.3) is 0 Å². The summed E-state index contributed by atoms with van der Waals surface area (Å²) >= 11 is 5.96. The quantitative estimate of drug-likeness (QED) is 0.169. The largest absolute Gasteiger partial charge is 0.493 e. The highest BCUT2D eigenvalue weighted by atomic mass is 35.5. The fourth-order valence-corrected chi connectivity index (χ4v) is 4.25. The molecule has 1 aliphatic rings. The van der Waals surface area contributed by atoms with Crippen LogP contribution in [0.15, 0.2) is 36.4 Å². The number of aliphatic hydroxyl groups is 3. The number of halogens is 1. The van der Waals surface area contributed by atoms with Crippen LogP contribution in [-0.4, -0.2) is 53.8 Å². The van der Waals surface area contributed by atoms with Crippen molar-refractivity contribution in [3.63, 3.8) is 0 Å². The first-order chi connectivity index (χ1) is 16.6. The van der Waals surface area contributed by atoms with E-state index in [1.54, 1.807) is 0 Å². The Hall–Kier alpha value is -2.04. The van der Waals surface area contributed by atoms with Crippen molar-refractivity contribution >= 4 is 17.6 Å². The van der Waals surface area contributed by atoms with Gasteiger partial charge in [0.15, 0.2) is 0 Å². The Kier molecular flexibility index (Phi) is 24.2. The maximum atomic E-state index is 10.6. The van der Waals surface area contributed by atoms with Crippen LogP contribution in [0.3, 0.4) is 0 Å². The lowest BCUT2D eigenvalue weighted by molar-refractivity contribution is -0.137. The van der Waals surface area contributed by atoms with E-state index in [9.17, 15) is 9.90 Å². The molecule has 0 saturated heterocycles. The molecule has 0 bridgehead atoms. The van der Waals surface area contributed by atoms with Crippen LogP contribution in [0.5, 0.6) is 5.75 Å². The number of aliphatic hydroxyl groups excluding tert-OH is 3. The molecule has 194 valence electrons. The summed E-state index contributed by atoms with van der Waals surface area (Å²) in [5.74, 6) is 1.58. The van der Waals surface area contributed by atoms with Gasteiger partial charge in [-0.05, 0) is 80.9 Å². The van der Waals surface area contributed by atoms with Crippen molar-refractivity contribution in [1.29, 1.82) is 0 Å². The van der Waals surface area contributed by atoms with Crippen molar-refractivity contribution in [2.45, 2.75) is 57.8 Å². The number of terminal acetylenes is 1. The minimum atomic E-state index is -0.753. The molecule has 0 heterocycles. The summed E-state index contributed by atoms with van der Waals surface area (Å²) in [4.78, 5) is 10.6. The molecule has 1 saturated carbocycles. The Morgan fingerprint density at radius 2 is 1.91 bits per heavy atom. The zero-order chi connectivity index (χ0) is 26.2. The van der Waals surface area contributed by atoms with Crippen molar-refractivity contribution in [2.75, 3.05) is 27.4 Å². The Morgan fingerprint density at radius 3 is 2.53 bits per heavy atom. The molecule has 4 N–H and O–H groups in total. The summed E-state index contributed by atoms with van der Waals surface area (Å²) in [7, 11) is 2.00. The van der Waals surface area contributed by atoms with Gasteiger partial charge >= 0.3 is 5.97 Å². The molecule has 1 aromatic carbocycles. The van der Waals surface area contributed by atoms with Gasteiger partial charge in [-0.15, -0.1) is 12.8 Å². The van der Waals surface area contributed by atoms with E-state index in [0.717, 1.165) is 45.7 Å². The first-order valence-electron chi connectivity index (χ1n) is 11.7. The number of hydrogen-bond donors (Lipinski definition) is 4. The first kappa shape index (κ1) is 34.1. The lowest BCUT2D eigenvalue weighted by Crippen LogP contribution is -2.12. The highest BCUT2D eigenvalue weighted by Crippen LogP contribution is 2.37. The van der Waals surface area contributed by atoms with Gasteiger partial charge in [0.2, 0.25) is 0 Å². The van der Waals surface area contributed by atoms with Crippen LogP contribution < -0.4 is 4.74 Å². The molecule has 3 atom stereocenters. The Balaban J connectivity index is 0. The molecule has 7 heteroatoms. The molecule has 34 heavy (non-hydrogen) atoms. The van der Waals surface area contributed by atoms with Crippen LogP contribution in [0.4, 0.5) is 0 Å². The van der Waals surface area contributed by atoms with Gasteiger partial charge in [-0.1, -0.05) is 36.2 Å². The summed E-state index contributed by atoms with van der Waals surface area (Å²) in [5, 5.41) is 33.0. The monoisotopic (exact) mass is 498 g/mol. The van der Waals surface area contributed by atoms with Gasteiger partial charge in [-0.2, -0.15) is 0 Å². The third-order valence-electron chi connectivity index (χ3n) is 5.66. The number of aliphatic carboxylic acids is 1. The molecule has 0 aliphatic heterocycles. The van der Waals surface area contributed by atoms with Crippen LogP contribution in [0, 0.1) is 30.6 Å². The predicted molar refractivity (Wildman–Crippen MR) is 139 cm³/mol. The molecular formula is C27H43ClO6. The topological polar surface area (TPSA) is 107 Å². The minimum Gasteiger partial charge on any atom is -0.493 e. The zero-order valence-electron chi connectivity index (χ0n) is 20.6. The molecule has 1 aromatic rings. The normalized spacial score (nSPS) is 17.3. The molecule has 0 aromatic heterocycles. The Labute approximate surface area is 210 Å². The number of benzene rings is 1. The van der Waals surface area contributed by atoms with Crippen molar-refractivity contribution in [3.05, 3.63) is 41.4 Å². The van der Waals surface area contributed by atoms with E-state index >= 15 is 0 Å². The Bertz CT molecular complexity index is 662. The lowest BCUT2D eigenvalue weighted by atomic mass is 9.86. The number of carboxylic acids is 1. The summed E-state index contributed by atoms with van der Waals surface area (Å²) < 4.78 is 5.72. The van der Waals surface area contributed by atoms with E-state index in [2.05, 4.69) is 25.0 Å². The molecule has 0 amide bonds. The second-order valence-corrected chi connectivity index (χ2v) is 8.23. The van der Waals surface area contributed by atoms with Gasteiger partial charge < -0.3 is 25.2 Å². The van der Waals surface area contributed by atoms with E-state index in [1.165, 1.54) is 19.3 Å². The highest BCUT2D eigenvalue weighted by molar-refractivity contribution is 6.30. The second kappa shape index (κ2) is 24.1. The van der Waals surface area contributed by atoms with Crippen molar-refractivity contribution < 1.29 is 30.0 Å². The number of allylic oxidation sites excluding steroid dienone is 1. The minimum absolute atomic E-state index is 0.160. The van der Waals surface area contributed by atoms with Gasteiger partial charge in [0, 0.05) is 32.3 Å². The number of ether oxygens (including phenoxy) is 1. The number of carbonyl (C=O) groups is 1. The van der Waals surface area contributed by atoms with E-state index in [1.807, 2.05) is 24.3 Å². The molecule has 1 aliphatic carbocycles. The third-order valence-corrected chi connectivity index (χ3v) is 5.89. The van der Waals surface area contributed by atoms with E-state index in [4.69, 9.17) is 31.7 Å². The fraction of sp³-hybridized carbons (Fsp3) is 0.593. The predicted octanol–water partition coefficient (Wildman–Crippen LogP) is 5.19. The van der Waals surface area contributed by atoms with Crippen LogP contribution in [-0.2, 0) is 4.79 Å². The van der Waals surface area contributed by atoms with Crippen LogP contribution in [0.25, 0.3) is 0 Å². The molecular weight excluding hydrogens is 456 g/mol. The summed E-state index contributed by atoms with van der Waals surface area (Å²) in [6, 6.07) is 7.46. The molecule has 0 radical (unpaired) electrons. The molecule has 0 spiro atoms. The SMILES string of the molecule is C#C.CO.CO.O=C(O)CCC[C@H](CO)CC[C@H]1CCC[C@@H]1/C=C/CCOc1cccc(Cl)c1.